The maximum Gasteiger partial charge on any atom is 0.125 e. The molecular formula is C13H11Br3O2S. The molecule has 2 rings (SSSR count). The van der Waals surface area contributed by atoms with E-state index in [0.29, 0.717) is 12.4 Å². The number of thiophene rings is 1. The van der Waals surface area contributed by atoms with Crippen LogP contribution in [0.5, 0.6) is 5.75 Å². The molecule has 0 amide bonds. The van der Waals surface area contributed by atoms with E-state index in [1.165, 1.54) is 11.3 Å². The van der Waals surface area contributed by atoms with E-state index in [1.807, 2.05) is 31.2 Å². The van der Waals surface area contributed by atoms with Gasteiger partial charge >= 0.3 is 0 Å². The highest BCUT2D eigenvalue weighted by Gasteiger charge is 2.19. The molecule has 1 N–H and O–H groups in total. The van der Waals surface area contributed by atoms with Gasteiger partial charge in [-0.15, -0.1) is 11.3 Å². The predicted octanol–water partition coefficient (Wildman–Crippen LogP) is 5.52. The molecule has 1 heterocycles. The molecule has 1 unspecified atom stereocenters. The summed E-state index contributed by atoms with van der Waals surface area (Å²) in [4.78, 5) is 0.859. The Kier molecular flexibility index (Phi) is 5.48. The third-order valence-corrected chi connectivity index (χ3v) is 6.30. The molecule has 1 aromatic heterocycles. The van der Waals surface area contributed by atoms with Crippen LogP contribution < -0.4 is 4.74 Å². The second kappa shape index (κ2) is 6.72. The smallest absolute Gasteiger partial charge is 0.125 e. The molecule has 0 spiro atoms. The standard InChI is InChI=1S/C13H11Br3O2S/c1-2-18-10-4-3-7(14)5-8(10)12(17)11-6-9(15)13(16)19-11/h3-6,12,17H,2H2,1H3. The zero-order valence-corrected chi connectivity index (χ0v) is 15.6. The van der Waals surface area contributed by atoms with Crippen LogP contribution in [0, 0.1) is 0 Å². The normalized spacial score (nSPS) is 12.5. The van der Waals surface area contributed by atoms with Crippen molar-refractivity contribution in [3.63, 3.8) is 0 Å². The monoisotopic (exact) mass is 468 g/mol. The maximum atomic E-state index is 10.5. The van der Waals surface area contributed by atoms with Gasteiger partial charge in [0.05, 0.1) is 10.4 Å². The molecule has 1 atom stereocenters. The molecule has 0 saturated carbocycles. The highest BCUT2D eigenvalue weighted by molar-refractivity contribution is 9.13. The van der Waals surface area contributed by atoms with Gasteiger partial charge in [-0.3, -0.25) is 0 Å². The van der Waals surface area contributed by atoms with Crippen LogP contribution in [0.15, 0.2) is 37.0 Å². The molecular weight excluding hydrogens is 460 g/mol. The van der Waals surface area contributed by atoms with E-state index in [2.05, 4.69) is 47.8 Å². The van der Waals surface area contributed by atoms with Crippen molar-refractivity contribution in [1.29, 1.82) is 0 Å². The van der Waals surface area contributed by atoms with Crippen molar-refractivity contribution in [2.24, 2.45) is 0 Å². The highest BCUT2D eigenvalue weighted by Crippen LogP contribution is 2.40. The van der Waals surface area contributed by atoms with Crippen LogP contribution >= 0.6 is 59.1 Å². The molecule has 6 heteroatoms. The van der Waals surface area contributed by atoms with Crippen molar-refractivity contribution in [1.82, 2.24) is 0 Å². The first kappa shape index (κ1) is 15.5. The van der Waals surface area contributed by atoms with Crippen LogP contribution in [0.1, 0.15) is 23.5 Å². The molecule has 19 heavy (non-hydrogen) atoms. The fraction of sp³-hybridized carbons (Fsp3) is 0.231. The molecule has 0 aliphatic carbocycles. The number of halogens is 3. The van der Waals surface area contributed by atoms with E-state index in [1.54, 1.807) is 0 Å². The average molecular weight is 471 g/mol. The summed E-state index contributed by atoms with van der Waals surface area (Å²) < 4.78 is 8.40. The quantitative estimate of drug-likeness (QED) is 0.638. The topological polar surface area (TPSA) is 29.5 Å². The van der Waals surface area contributed by atoms with Crippen molar-refractivity contribution < 1.29 is 9.84 Å². The summed E-state index contributed by atoms with van der Waals surface area (Å²) in [5.41, 5.74) is 0.762. The molecule has 1 aromatic carbocycles. The lowest BCUT2D eigenvalue weighted by Gasteiger charge is -2.15. The summed E-state index contributed by atoms with van der Waals surface area (Å²) in [6.07, 6.45) is -0.702. The van der Waals surface area contributed by atoms with Gasteiger partial charge in [-0.1, -0.05) is 15.9 Å². The summed E-state index contributed by atoms with van der Waals surface area (Å²) in [5, 5.41) is 10.5. The number of aliphatic hydroxyl groups excluding tert-OH is 1. The van der Waals surface area contributed by atoms with Gasteiger partial charge in [-0.2, -0.15) is 0 Å². The summed E-state index contributed by atoms with van der Waals surface area (Å²) in [7, 11) is 0. The Hall–Kier alpha value is 0.120. The van der Waals surface area contributed by atoms with Crippen LogP contribution in [0.2, 0.25) is 0 Å². The number of hydrogen-bond donors (Lipinski definition) is 1. The summed E-state index contributed by atoms with van der Waals surface area (Å²) in [6, 6.07) is 7.57. The summed E-state index contributed by atoms with van der Waals surface area (Å²) in [6.45, 7) is 2.50. The van der Waals surface area contributed by atoms with E-state index < -0.39 is 6.10 Å². The van der Waals surface area contributed by atoms with Crippen molar-refractivity contribution in [3.8, 4) is 5.75 Å². The van der Waals surface area contributed by atoms with Gasteiger partial charge in [0.15, 0.2) is 0 Å². The molecule has 2 aromatic rings. The van der Waals surface area contributed by atoms with Crippen molar-refractivity contribution in [2.75, 3.05) is 6.61 Å². The van der Waals surface area contributed by atoms with E-state index in [4.69, 9.17) is 4.74 Å². The Morgan fingerprint density at radius 2 is 2.00 bits per heavy atom. The van der Waals surface area contributed by atoms with Crippen LogP contribution in [-0.4, -0.2) is 11.7 Å². The van der Waals surface area contributed by atoms with E-state index >= 15 is 0 Å². The van der Waals surface area contributed by atoms with Gasteiger partial charge in [0.1, 0.15) is 11.9 Å². The minimum atomic E-state index is -0.702. The van der Waals surface area contributed by atoms with Crippen molar-refractivity contribution in [2.45, 2.75) is 13.0 Å². The number of ether oxygens (including phenoxy) is 1. The second-order valence-corrected chi connectivity index (χ2v) is 7.96. The fourth-order valence-corrected chi connectivity index (χ4v) is 4.14. The van der Waals surface area contributed by atoms with Crippen molar-refractivity contribution in [3.05, 3.63) is 47.4 Å². The second-order valence-electron chi connectivity index (χ2n) is 3.79. The number of aliphatic hydroxyl groups is 1. The zero-order valence-electron chi connectivity index (χ0n) is 9.99. The predicted molar refractivity (Wildman–Crippen MR) is 89.1 cm³/mol. The Labute approximate surface area is 141 Å². The van der Waals surface area contributed by atoms with E-state index in [9.17, 15) is 5.11 Å². The third-order valence-electron chi connectivity index (χ3n) is 2.50. The van der Waals surface area contributed by atoms with Crippen molar-refractivity contribution >= 4 is 59.1 Å². The summed E-state index contributed by atoms with van der Waals surface area (Å²) >= 11 is 11.8. The van der Waals surface area contributed by atoms with Crippen LogP contribution in [0.3, 0.4) is 0 Å². The molecule has 0 bridgehead atoms. The van der Waals surface area contributed by atoms with Gasteiger partial charge in [0.2, 0.25) is 0 Å². The summed E-state index contributed by atoms with van der Waals surface area (Å²) in [5.74, 6) is 0.707. The lowest BCUT2D eigenvalue weighted by atomic mass is 10.1. The average Bonchev–Trinajstić information content (AvgIpc) is 2.71. The Bertz CT molecular complexity index is 564. The van der Waals surface area contributed by atoms with Gasteiger partial charge < -0.3 is 9.84 Å². The highest BCUT2D eigenvalue weighted by atomic mass is 79.9. The maximum absolute atomic E-state index is 10.5. The van der Waals surface area contributed by atoms with E-state index in [0.717, 1.165) is 23.2 Å². The Morgan fingerprint density at radius 1 is 1.26 bits per heavy atom. The molecule has 102 valence electrons. The molecule has 0 aliphatic heterocycles. The first-order valence-electron chi connectivity index (χ1n) is 5.58. The number of benzene rings is 1. The number of rotatable bonds is 4. The zero-order chi connectivity index (χ0) is 14.0. The van der Waals surface area contributed by atoms with Gasteiger partial charge in [-0.05, 0) is 63.0 Å². The van der Waals surface area contributed by atoms with Crippen LogP contribution in [-0.2, 0) is 0 Å². The first-order chi connectivity index (χ1) is 9.02. The van der Waals surface area contributed by atoms with Gasteiger partial charge in [0.25, 0.3) is 0 Å². The number of hydrogen-bond acceptors (Lipinski definition) is 3. The SMILES string of the molecule is CCOc1ccc(Br)cc1C(O)c1cc(Br)c(Br)s1. The minimum Gasteiger partial charge on any atom is -0.493 e. The molecule has 0 radical (unpaired) electrons. The molecule has 0 saturated heterocycles. The molecule has 0 aliphatic rings. The lowest BCUT2D eigenvalue weighted by molar-refractivity contribution is 0.215. The lowest BCUT2D eigenvalue weighted by Crippen LogP contribution is -2.02. The largest absolute Gasteiger partial charge is 0.493 e. The van der Waals surface area contributed by atoms with Crippen LogP contribution in [0.25, 0.3) is 0 Å². The van der Waals surface area contributed by atoms with E-state index in [-0.39, 0.29) is 0 Å². The Balaban J connectivity index is 2.41. The van der Waals surface area contributed by atoms with Gasteiger partial charge in [-0.25, -0.2) is 0 Å². The first-order valence-corrected chi connectivity index (χ1v) is 8.77. The molecule has 0 fully saturated rings. The Morgan fingerprint density at radius 3 is 2.58 bits per heavy atom. The minimum absolute atomic E-state index is 0.569. The fourth-order valence-electron chi connectivity index (χ4n) is 1.67. The molecule has 2 nitrogen and oxygen atoms in total. The van der Waals surface area contributed by atoms with Gasteiger partial charge in [0, 0.05) is 19.4 Å². The van der Waals surface area contributed by atoms with Crippen LogP contribution in [0.4, 0.5) is 0 Å². The third kappa shape index (κ3) is 3.61.